The van der Waals surface area contributed by atoms with Crippen molar-refractivity contribution in [1.29, 1.82) is 0 Å². The molecule has 0 saturated heterocycles. The van der Waals surface area contributed by atoms with Gasteiger partial charge in [0.2, 0.25) is 0 Å². The molecule has 0 radical (unpaired) electrons. The molecule has 2 rings (SSSR count). The fourth-order valence-corrected chi connectivity index (χ4v) is 2.07. The minimum Gasteiger partial charge on any atom is -0.497 e. The Morgan fingerprint density at radius 3 is 2.09 bits per heavy atom. The van der Waals surface area contributed by atoms with E-state index in [9.17, 15) is 9.59 Å². The van der Waals surface area contributed by atoms with Gasteiger partial charge in [0, 0.05) is 5.56 Å². The highest BCUT2D eigenvalue weighted by atomic mass is 16.5. The molecule has 0 unspecified atom stereocenters. The Morgan fingerprint density at radius 1 is 1.00 bits per heavy atom. The van der Waals surface area contributed by atoms with Crippen LogP contribution in [-0.2, 0) is 9.47 Å². The summed E-state index contributed by atoms with van der Waals surface area (Å²) in [5, 5.41) is 0. The van der Waals surface area contributed by atoms with Gasteiger partial charge in [0.25, 0.3) is 0 Å². The van der Waals surface area contributed by atoms with Gasteiger partial charge < -0.3 is 24.9 Å². The molecule has 116 valence electrons. The van der Waals surface area contributed by atoms with Crippen LogP contribution < -0.4 is 10.5 Å². The van der Waals surface area contributed by atoms with E-state index in [-0.39, 0.29) is 16.9 Å². The molecule has 0 saturated carbocycles. The molecule has 0 bridgehead atoms. The van der Waals surface area contributed by atoms with Crippen molar-refractivity contribution in [2.24, 2.45) is 0 Å². The molecule has 0 amide bonds. The summed E-state index contributed by atoms with van der Waals surface area (Å²) in [6, 6.07) is 6.99. The molecule has 0 atom stereocenters. The summed E-state index contributed by atoms with van der Waals surface area (Å²) in [7, 11) is 3.99. The Bertz CT molecular complexity index is 703. The van der Waals surface area contributed by atoms with E-state index in [0.717, 1.165) is 0 Å². The topological polar surface area (TPSA) is 104 Å². The molecule has 7 heteroatoms. The Morgan fingerprint density at radius 2 is 1.59 bits per heavy atom. The average Bonchev–Trinajstić information content (AvgIpc) is 2.90. The quantitative estimate of drug-likeness (QED) is 0.835. The van der Waals surface area contributed by atoms with E-state index >= 15 is 0 Å². The third-order valence-electron chi connectivity index (χ3n) is 3.20. The largest absolute Gasteiger partial charge is 0.497 e. The first-order valence-corrected chi connectivity index (χ1v) is 6.36. The number of nitrogen functional groups attached to an aromatic ring is 1. The normalized spacial score (nSPS) is 10.1. The maximum absolute atomic E-state index is 11.9. The van der Waals surface area contributed by atoms with Gasteiger partial charge in [-0.05, 0) is 24.3 Å². The standard InChI is InChI=1S/C15H16N2O5/c1-20-9-6-4-8(5-7-9)12-11(16)10(14(18)21-2)13(17-12)15(19)22-3/h4-7,17H,16H2,1-3H3. The van der Waals surface area contributed by atoms with Crippen molar-refractivity contribution in [3.05, 3.63) is 35.5 Å². The Balaban J connectivity index is 2.59. The van der Waals surface area contributed by atoms with Gasteiger partial charge in [-0.25, -0.2) is 9.59 Å². The lowest BCUT2D eigenvalue weighted by Gasteiger charge is -2.03. The first-order chi connectivity index (χ1) is 10.5. The summed E-state index contributed by atoms with van der Waals surface area (Å²) >= 11 is 0. The Hall–Kier alpha value is -2.96. The van der Waals surface area contributed by atoms with E-state index < -0.39 is 11.9 Å². The Labute approximate surface area is 127 Å². The highest BCUT2D eigenvalue weighted by Gasteiger charge is 2.27. The molecule has 7 nitrogen and oxygen atoms in total. The van der Waals surface area contributed by atoms with Crippen LogP contribution in [0.3, 0.4) is 0 Å². The molecule has 1 aromatic heterocycles. The van der Waals surface area contributed by atoms with Crippen molar-refractivity contribution in [2.45, 2.75) is 0 Å². The maximum atomic E-state index is 11.9. The fourth-order valence-electron chi connectivity index (χ4n) is 2.07. The molecule has 3 N–H and O–H groups in total. The van der Waals surface area contributed by atoms with Crippen LogP contribution in [0, 0.1) is 0 Å². The van der Waals surface area contributed by atoms with Crippen LogP contribution in [-0.4, -0.2) is 38.3 Å². The first kappa shape index (κ1) is 15.4. The van der Waals surface area contributed by atoms with Crippen molar-refractivity contribution >= 4 is 17.6 Å². The van der Waals surface area contributed by atoms with Gasteiger partial charge in [-0.3, -0.25) is 0 Å². The number of carbonyl (C=O) groups excluding carboxylic acids is 2. The summed E-state index contributed by atoms with van der Waals surface area (Å²) in [6.45, 7) is 0. The van der Waals surface area contributed by atoms with Gasteiger partial charge in [0.05, 0.1) is 32.7 Å². The number of rotatable bonds is 4. The molecular formula is C15H16N2O5. The van der Waals surface area contributed by atoms with Gasteiger partial charge in [-0.15, -0.1) is 0 Å². The predicted molar refractivity (Wildman–Crippen MR) is 79.9 cm³/mol. The molecule has 0 spiro atoms. The Kier molecular flexibility index (Phi) is 4.36. The molecule has 0 aliphatic heterocycles. The van der Waals surface area contributed by atoms with Crippen LogP contribution in [0.5, 0.6) is 5.75 Å². The minimum absolute atomic E-state index is 0.0415. The number of carbonyl (C=O) groups is 2. The van der Waals surface area contributed by atoms with Crippen LogP contribution in [0.4, 0.5) is 5.69 Å². The molecule has 0 fully saturated rings. The molecule has 0 aliphatic rings. The second-order valence-corrected chi connectivity index (χ2v) is 4.38. The number of hydrogen-bond acceptors (Lipinski definition) is 6. The number of hydrogen-bond donors (Lipinski definition) is 2. The molecule has 0 aliphatic carbocycles. The van der Waals surface area contributed by atoms with Crippen LogP contribution in [0.25, 0.3) is 11.3 Å². The molecular weight excluding hydrogens is 288 g/mol. The van der Waals surface area contributed by atoms with E-state index in [0.29, 0.717) is 17.0 Å². The second kappa shape index (κ2) is 6.21. The van der Waals surface area contributed by atoms with Gasteiger partial charge in [-0.2, -0.15) is 0 Å². The number of ether oxygens (including phenoxy) is 3. The van der Waals surface area contributed by atoms with Crippen molar-refractivity contribution in [3.63, 3.8) is 0 Å². The third-order valence-corrected chi connectivity index (χ3v) is 3.20. The molecule has 2 aromatic rings. The summed E-state index contributed by atoms with van der Waals surface area (Å²) in [5.74, 6) is -0.740. The SMILES string of the molecule is COC(=O)c1[nH]c(-c2ccc(OC)cc2)c(N)c1C(=O)OC. The van der Waals surface area contributed by atoms with Gasteiger partial charge in [-0.1, -0.05) is 0 Å². The van der Waals surface area contributed by atoms with Gasteiger partial charge in [0.1, 0.15) is 17.0 Å². The van der Waals surface area contributed by atoms with E-state index in [4.69, 9.17) is 10.5 Å². The maximum Gasteiger partial charge on any atom is 0.355 e. The summed E-state index contributed by atoms with van der Waals surface area (Å²) in [6.07, 6.45) is 0. The number of anilines is 1. The van der Waals surface area contributed by atoms with E-state index in [1.165, 1.54) is 14.2 Å². The number of benzene rings is 1. The zero-order chi connectivity index (χ0) is 16.3. The zero-order valence-corrected chi connectivity index (χ0v) is 12.4. The summed E-state index contributed by atoms with van der Waals surface area (Å²) in [4.78, 5) is 26.5. The van der Waals surface area contributed by atoms with Gasteiger partial charge >= 0.3 is 11.9 Å². The number of H-pyrrole nitrogens is 1. The van der Waals surface area contributed by atoms with Crippen molar-refractivity contribution in [3.8, 4) is 17.0 Å². The number of nitrogens with two attached hydrogens (primary N) is 1. The third kappa shape index (κ3) is 2.60. The lowest BCUT2D eigenvalue weighted by atomic mass is 10.1. The highest BCUT2D eigenvalue weighted by molar-refractivity contribution is 6.09. The molecule has 1 aromatic carbocycles. The summed E-state index contributed by atoms with van der Waals surface area (Å²) < 4.78 is 14.4. The van der Waals surface area contributed by atoms with Crippen molar-refractivity contribution < 1.29 is 23.8 Å². The smallest absolute Gasteiger partial charge is 0.355 e. The monoisotopic (exact) mass is 304 g/mol. The lowest BCUT2D eigenvalue weighted by Crippen LogP contribution is -2.11. The zero-order valence-electron chi connectivity index (χ0n) is 12.4. The highest BCUT2D eigenvalue weighted by Crippen LogP contribution is 2.32. The molecule has 1 heterocycles. The number of methoxy groups -OCH3 is 3. The number of aromatic amines is 1. The van der Waals surface area contributed by atoms with E-state index in [2.05, 4.69) is 14.5 Å². The van der Waals surface area contributed by atoms with Crippen LogP contribution in [0.1, 0.15) is 20.8 Å². The van der Waals surface area contributed by atoms with Crippen LogP contribution >= 0.6 is 0 Å². The molecule has 22 heavy (non-hydrogen) atoms. The number of esters is 2. The van der Waals surface area contributed by atoms with Crippen molar-refractivity contribution in [2.75, 3.05) is 27.1 Å². The number of aromatic nitrogens is 1. The minimum atomic E-state index is -0.714. The van der Waals surface area contributed by atoms with E-state index in [1.807, 2.05) is 0 Å². The fraction of sp³-hybridized carbons (Fsp3) is 0.200. The first-order valence-electron chi connectivity index (χ1n) is 6.36. The van der Waals surface area contributed by atoms with E-state index in [1.54, 1.807) is 31.4 Å². The second-order valence-electron chi connectivity index (χ2n) is 4.38. The van der Waals surface area contributed by atoms with Crippen LogP contribution in [0.15, 0.2) is 24.3 Å². The predicted octanol–water partition coefficient (Wildman–Crippen LogP) is 1.85. The van der Waals surface area contributed by atoms with Crippen molar-refractivity contribution in [1.82, 2.24) is 4.98 Å². The van der Waals surface area contributed by atoms with Gasteiger partial charge in [0.15, 0.2) is 0 Å². The average molecular weight is 304 g/mol. The number of nitrogens with one attached hydrogen (secondary N) is 1. The van der Waals surface area contributed by atoms with Crippen LogP contribution in [0.2, 0.25) is 0 Å². The lowest BCUT2D eigenvalue weighted by molar-refractivity contribution is 0.0553. The summed E-state index contributed by atoms with van der Waals surface area (Å²) in [5.41, 5.74) is 7.17.